The van der Waals surface area contributed by atoms with E-state index in [-0.39, 0.29) is 23.9 Å². The van der Waals surface area contributed by atoms with Crippen molar-refractivity contribution in [3.63, 3.8) is 0 Å². The van der Waals surface area contributed by atoms with Gasteiger partial charge in [0.1, 0.15) is 0 Å². The molecule has 1 fully saturated rings. The van der Waals surface area contributed by atoms with Crippen molar-refractivity contribution in [1.82, 2.24) is 15.5 Å². The summed E-state index contributed by atoms with van der Waals surface area (Å²) in [6, 6.07) is 7.54. The molecule has 1 heterocycles. The van der Waals surface area contributed by atoms with Crippen LogP contribution in [-0.2, 0) is 11.3 Å². The number of hydrogen-bond donors (Lipinski definition) is 2. The SMILES string of the molecule is CC(C)N(C)C(=O)c1ccc(CNC(=O)[C@@H]2CCCCN2)cc1. The largest absolute Gasteiger partial charge is 0.351 e. The molecule has 1 saturated heterocycles. The van der Waals surface area contributed by atoms with Gasteiger partial charge < -0.3 is 15.5 Å². The summed E-state index contributed by atoms with van der Waals surface area (Å²) < 4.78 is 0. The molecule has 2 amide bonds. The zero-order valence-electron chi connectivity index (χ0n) is 14.3. The molecule has 0 spiro atoms. The Kier molecular flexibility index (Phi) is 6.16. The van der Waals surface area contributed by atoms with Crippen LogP contribution in [0.4, 0.5) is 0 Å². The average molecular weight is 317 g/mol. The van der Waals surface area contributed by atoms with E-state index in [9.17, 15) is 9.59 Å². The van der Waals surface area contributed by atoms with Gasteiger partial charge in [0.15, 0.2) is 0 Å². The summed E-state index contributed by atoms with van der Waals surface area (Å²) in [6.07, 6.45) is 3.15. The summed E-state index contributed by atoms with van der Waals surface area (Å²) in [6.45, 7) is 5.38. The van der Waals surface area contributed by atoms with Gasteiger partial charge in [-0.05, 0) is 50.9 Å². The van der Waals surface area contributed by atoms with E-state index in [1.807, 2.05) is 38.1 Å². The fraction of sp³-hybridized carbons (Fsp3) is 0.556. The van der Waals surface area contributed by atoms with E-state index in [2.05, 4.69) is 10.6 Å². The Morgan fingerprint density at radius 2 is 1.96 bits per heavy atom. The summed E-state index contributed by atoms with van der Waals surface area (Å²) in [5.74, 6) is 0.0754. The Labute approximate surface area is 138 Å². The lowest BCUT2D eigenvalue weighted by molar-refractivity contribution is -0.123. The molecule has 1 aliphatic heterocycles. The molecule has 1 aromatic rings. The first-order valence-corrected chi connectivity index (χ1v) is 8.36. The lowest BCUT2D eigenvalue weighted by atomic mass is 10.0. The van der Waals surface area contributed by atoms with Crippen molar-refractivity contribution < 1.29 is 9.59 Å². The minimum Gasteiger partial charge on any atom is -0.351 e. The normalized spacial score (nSPS) is 17.8. The summed E-state index contributed by atoms with van der Waals surface area (Å²) >= 11 is 0. The maximum atomic E-state index is 12.2. The van der Waals surface area contributed by atoms with Crippen LogP contribution in [0.25, 0.3) is 0 Å². The van der Waals surface area contributed by atoms with Crippen molar-refractivity contribution in [3.05, 3.63) is 35.4 Å². The molecular weight excluding hydrogens is 290 g/mol. The van der Waals surface area contributed by atoms with Gasteiger partial charge in [-0.25, -0.2) is 0 Å². The molecule has 5 nitrogen and oxygen atoms in total. The van der Waals surface area contributed by atoms with Crippen molar-refractivity contribution in [2.45, 2.75) is 51.7 Å². The fourth-order valence-corrected chi connectivity index (χ4v) is 2.59. The predicted octanol–water partition coefficient (Wildman–Crippen LogP) is 1.93. The van der Waals surface area contributed by atoms with Crippen molar-refractivity contribution in [2.24, 2.45) is 0 Å². The third kappa shape index (κ3) is 4.79. The number of rotatable bonds is 5. The molecule has 1 atom stereocenters. The second kappa shape index (κ2) is 8.11. The Morgan fingerprint density at radius 1 is 1.26 bits per heavy atom. The smallest absolute Gasteiger partial charge is 0.253 e. The first-order valence-electron chi connectivity index (χ1n) is 8.36. The molecule has 23 heavy (non-hydrogen) atoms. The van der Waals surface area contributed by atoms with Gasteiger partial charge >= 0.3 is 0 Å². The van der Waals surface area contributed by atoms with Crippen molar-refractivity contribution >= 4 is 11.8 Å². The molecule has 0 aliphatic carbocycles. The zero-order chi connectivity index (χ0) is 16.8. The second-order valence-electron chi connectivity index (χ2n) is 6.43. The number of benzene rings is 1. The van der Waals surface area contributed by atoms with Crippen LogP contribution in [0.3, 0.4) is 0 Å². The van der Waals surface area contributed by atoms with Gasteiger partial charge in [-0.15, -0.1) is 0 Å². The first-order chi connectivity index (χ1) is 11.0. The van der Waals surface area contributed by atoms with Crippen LogP contribution in [0.1, 0.15) is 49.0 Å². The van der Waals surface area contributed by atoms with Gasteiger partial charge in [-0.3, -0.25) is 9.59 Å². The fourth-order valence-electron chi connectivity index (χ4n) is 2.59. The second-order valence-corrected chi connectivity index (χ2v) is 6.43. The third-order valence-electron chi connectivity index (χ3n) is 4.39. The van der Waals surface area contributed by atoms with E-state index in [1.54, 1.807) is 11.9 Å². The van der Waals surface area contributed by atoms with Gasteiger partial charge in [-0.2, -0.15) is 0 Å². The van der Waals surface area contributed by atoms with E-state index < -0.39 is 0 Å². The van der Waals surface area contributed by atoms with E-state index in [1.165, 1.54) is 0 Å². The van der Waals surface area contributed by atoms with Crippen molar-refractivity contribution in [2.75, 3.05) is 13.6 Å². The van der Waals surface area contributed by atoms with Crippen LogP contribution >= 0.6 is 0 Å². The minimum absolute atomic E-state index is 0.0157. The topological polar surface area (TPSA) is 61.4 Å². The highest BCUT2D eigenvalue weighted by molar-refractivity contribution is 5.94. The molecule has 1 aromatic carbocycles. The number of nitrogens with zero attached hydrogens (tertiary/aromatic N) is 1. The molecule has 5 heteroatoms. The molecule has 1 aliphatic rings. The standard InChI is InChI=1S/C18H27N3O2/c1-13(2)21(3)18(23)15-9-7-14(8-10-15)12-20-17(22)16-6-4-5-11-19-16/h7-10,13,16,19H,4-6,11-12H2,1-3H3,(H,20,22)/t16-/m0/s1. The highest BCUT2D eigenvalue weighted by atomic mass is 16.2. The van der Waals surface area contributed by atoms with Crippen molar-refractivity contribution in [1.29, 1.82) is 0 Å². The Balaban J connectivity index is 1.87. The Bertz CT molecular complexity index is 534. The Morgan fingerprint density at radius 3 is 2.52 bits per heavy atom. The number of piperidine rings is 1. The number of carbonyl (C=O) groups is 2. The van der Waals surface area contributed by atoms with Gasteiger partial charge in [0.2, 0.25) is 5.91 Å². The van der Waals surface area contributed by atoms with Gasteiger partial charge in [0.25, 0.3) is 5.91 Å². The summed E-state index contributed by atoms with van der Waals surface area (Å²) in [4.78, 5) is 26.0. The van der Waals surface area contributed by atoms with E-state index in [4.69, 9.17) is 0 Å². The first kappa shape index (κ1) is 17.5. The molecule has 0 radical (unpaired) electrons. The van der Waals surface area contributed by atoms with Crippen LogP contribution in [-0.4, -0.2) is 42.4 Å². The summed E-state index contributed by atoms with van der Waals surface area (Å²) in [5.41, 5.74) is 1.67. The molecule has 0 unspecified atom stereocenters. The quantitative estimate of drug-likeness (QED) is 0.872. The van der Waals surface area contributed by atoms with E-state index in [0.717, 1.165) is 31.4 Å². The monoisotopic (exact) mass is 317 g/mol. The zero-order valence-corrected chi connectivity index (χ0v) is 14.3. The number of nitrogens with one attached hydrogen (secondary N) is 2. The lowest BCUT2D eigenvalue weighted by Crippen LogP contribution is -2.46. The number of hydrogen-bond acceptors (Lipinski definition) is 3. The van der Waals surface area contributed by atoms with E-state index in [0.29, 0.717) is 12.1 Å². The Hall–Kier alpha value is -1.88. The van der Waals surface area contributed by atoms with Crippen LogP contribution in [0.2, 0.25) is 0 Å². The highest BCUT2D eigenvalue weighted by Crippen LogP contribution is 2.10. The maximum Gasteiger partial charge on any atom is 0.253 e. The maximum absolute atomic E-state index is 12.2. The number of amides is 2. The van der Waals surface area contributed by atoms with Gasteiger partial charge in [0, 0.05) is 25.2 Å². The molecule has 2 rings (SSSR count). The third-order valence-corrected chi connectivity index (χ3v) is 4.39. The molecule has 0 saturated carbocycles. The highest BCUT2D eigenvalue weighted by Gasteiger charge is 2.20. The lowest BCUT2D eigenvalue weighted by Gasteiger charge is -2.22. The van der Waals surface area contributed by atoms with Crippen LogP contribution in [0.5, 0.6) is 0 Å². The summed E-state index contributed by atoms with van der Waals surface area (Å²) in [7, 11) is 1.80. The molecule has 126 valence electrons. The average Bonchev–Trinajstić information content (AvgIpc) is 2.59. The molecule has 0 bridgehead atoms. The molecule has 2 N–H and O–H groups in total. The van der Waals surface area contributed by atoms with Gasteiger partial charge in [0.05, 0.1) is 6.04 Å². The summed E-state index contributed by atoms with van der Waals surface area (Å²) in [5, 5.41) is 6.20. The minimum atomic E-state index is -0.0655. The van der Waals surface area contributed by atoms with Crippen LogP contribution < -0.4 is 10.6 Å². The predicted molar refractivity (Wildman–Crippen MR) is 91.2 cm³/mol. The van der Waals surface area contributed by atoms with E-state index >= 15 is 0 Å². The van der Waals surface area contributed by atoms with Gasteiger partial charge in [-0.1, -0.05) is 18.6 Å². The van der Waals surface area contributed by atoms with Crippen LogP contribution in [0, 0.1) is 0 Å². The van der Waals surface area contributed by atoms with Crippen LogP contribution in [0.15, 0.2) is 24.3 Å². The van der Waals surface area contributed by atoms with Crippen molar-refractivity contribution in [3.8, 4) is 0 Å². The molecular formula is C18H27N3O2. The molecule has 0 aromatic heterocycles. The number of carbonyl (C=O) groups excluding carboxylic acids is 2.